The number of aryl methyl sites for hydroxylation is 2. The molecule has 1 fully saturated rings. The Morgan fingerprint density at radius 2 is 1.81 bits per heavy atom. The smallest absolute Gasteiger partial charge is 0.338 e. The van der Waals surface area contributed by atoms with Gasteiger partial charge in [-0.2, -0.15) is 5.10 Å². The van der Waals surface area contributed by atoms with E-state index in [4.69, 9.17) is 5.11 Å². The summed E-state index contributed by atoms with van der Waals surface area (Å²) in [5.41, 5.74) is 2.72. The van der Waals surface area contributed by atoms with E-state index in [1.54, 1.807) is 10.9 Å². The summed E-state index contributed by atoms with van der Waals surface area (Å²) in [6, 6.07) is 8.63. The Bertz CT molecular complexity index is 759. The summed E-state index contributed by atoms with van der Waals surface area (Å²) in [5, 5.41) is 13.1. The van der Waals surface area contributed by atoms with E-state index in [-0.39, 0.29) is 17.5 Å². The van der Waals surface area contributed by atoms with E-state index in [0.717, 1.165) is 25.7 Å². The first kappa shape index (κ1) is 18.2. The lowest BCUT2D eigenvalue weighted by atomic mass is 10.0. The van der Waals surface area contributed by atoms with Crippen molar-refractivity contribution >= 4 is 11.9 Å². The largest absolute Gasteiger partial charge is 0.478 e. The van der Waals surface area contributed by atoms with Crippen LogP contribution in [0.4, 0.5) is 0 Å². The number of piperidine rings is 1. The van der Waals surface area contributed by atoms with Gasteiger partial charge in [-0.05, 0) is 36.8 Å². The quantitative estimate of drug-likeness (QED) is 0.864. The maximum Gasteiger partial charge on any atom is 0.338 e. The molecule has 0 saturated carbocycles. The van der Waals surface area contributed by atoms with E-state index in [1.165, 1.54) is 17.3 Å². The Hall–Kier alpha value is -2.63. The van der Waals surface area contributed by atoms with E-state index >= 15 is 0 Å². The van der Waals surface area contributed by atoms with Crippen molar-refractivity contribution in [1.82, 2.24) is 14.7 Å². The minimum absolute atomic E-state index is 0.161. The SMILES string of the molecule is CCc1ccc(CCC(=O)N2CCC(n3cc(C(=O)O)cn3)CC2)cc1. The molecule has 1 saturated heterocycles. The Morgan fingerprint density at radius 1 is 1.15 bits per heavy atom. The molecule has 0 atom stereocenters. The standard InChI is InChI=1S/C20H25N3O3/c1-2-15-3-5-16(6-4-15)7-8-19(24)22-11-9-18(10-12-22)23-14-17(13-21-23)20(25)26/h3-6,13-14,18H,2,7-12H2,1H3,(H,25,26). The van der Waals surface area contributed by atoms with E-state index in [1.807, 2.05) is 4.90 Å². The predicted octanol–water partition coefficient (Wildman–Crippen LogP) is 2.94. The highest BCUT2D eigenvalue weighted by Crippen LogP contribution is 2.23. The minimum Gasteiger partial charge on any atom is -0.478 e. The van der Waals surface area contributed by atoms with Crippen LogP contribution in [0.1, 0.15) is 53.7 Å². The fourth-order valence-electron chi connectivity index (χ4n) is 3.38. The summed E-state index contributed by atoms with van der Waals surface area (Å²) < 4.78 is 1.72. The van der Waals surface area contributed by atoms with Crippen molar-refractivity contribution in [3.8, 4) is 0 Å². The first-order valence-corrected chi connectivity index (χ1v) is 9.20. The molecule has 0 unspecified atom stereocenters. The van der Waals surface area contributed by atoms with Gasteiger partial charge in [-0.15, -0.1) is 0 Å². The molecule has 1 aromatic carbocycles. The van der Waals surface area contributed by atoms with Gasteiger partial charge in [0.25, 0.3) is 0 Å². The van der Waals surface area contributed by atoms with E-state index in [2.05, 4.69) is 36.3 Å². The van der Waals surface area contributed by atoms with Crippen molar-refractivity contribution in [3.05, 3.63) is 53.3 Å². The summed E-state index contributed by atoms with van der Waals surface area (Å²) in [4.78, 5) is 25.3. The van der Waals surface area contributed by atoms with Gasteiger partial charge in [-0.25, -0.2) is 4.79 Å². The van der Waals surface area contributed by atoms with Gasteiger partial charge >= 0.3 is 5.97 Å². The van der Waals surface area contributed by atoms with E-state index in [0.29, 0.717) is 19.5 Å². The number of carbonyl (C=O) groups is 2. The summed E-state index contributed by atoms with van der Waals surface area (Å²) in [5.74, 6) is -0.773. The van der Waals surface area contributed by atoms with Crippen molar-refractivity contribution in [2.75, 3.05) is 13.1 Å². The van der Waals surface area contributed by atoms with Gasteiger partial charge in [0, 0.05) is 25.7 Å². The van der Waals surface area contributed by atoms with Crippen LogP contribution in [-0.4, -0.2) is 44.8 Å². The number of nitrogens with zero attached hydrogens (tertiary/aromatic N) is 3. The van der Waals surface area contributed by atoms with Gasteiger partial charge in [0.05, 0.1) is 17.8 Å². The van der Waals surface area contributed by atoms with Crippen molar-refractivity contribution in [2.24, 2.45) is 0 Å². The van der Waals surface area contributed by atoms with Crippen molar-refractivity contribution < 1.29 is 14.7 Å². The molecular weight excluding hydrogens is 330 g/mol. The second-order valence-corrected chi connectivity index (χ2v) is 6.80. The third-order valence-electron chi connectivity index (χ3n) is 5.10. The summed E-state index contributed by atoms with van der Waals surface area (Å²) in [7, 11) is 0. The number of carboxylic acids is 1. The molecule has 1 N–H and O–H groups in total. The Kier molecular flexibility index (Phi) is 5.71. The summed E-state index contributed by atoms with van der Waals surface area (Å²) in [6.07, 6.45) is 6.88. The van der Waals surface area contributed by atoms with Gasteiger partial charge < -0.3 is 10.0 Å². The Labute approximate surface area is 153 Å². The molecule has 2 aromatic rings. The maximum atomic E-state index is 12.5. The van der Waals surface area contributed by atoms with Gasteiger partial charge in [0.2, 0.25) is 5.91 Å². The van der Waals surface area contributed by atoms with Crippen LogP contribution in [0.3, 0.4) is 0 Å². The average Bonchev–Trinajstić information content (AvgIpc) is 3.17. The number of aromatic carboxylic acids is 1. The second kappa shape index (κ2) is 8.17. The molecule has 0 bridgehead atoms. The Morgan fingerprint density at radius 3 is 2.38 bits per heavy atom. The van der Waals surface area contributed by atoms with Gasteiger partial charge in [-0.1, -0.05) is 31.2 Å². The van der Waals surface area contributed by atoms with Gasteiger partial charge in [-0.3, -0.25) is 9.48 Å². The number of amides is 1. The molecular formula is C20H25N3O3. The molecule has 138 valence electrons. The zero-order valence-corrected chi connectivity index (χ0v) is 15.1. The molecule has 2 heterocycles. The third-order valence-corrected chi connectivity index (χ3v) is 5.10. The second-order valence-electron chi connectivity index (χ2n) is 6.80. The molecule has 6 heteroatoms. The topological polar surface area (TPSA) is 75.4 Å². The van der Waals surface area contributed by atoms with E-state index < -0.39 is 5.97 Å². The molecule has 26 heavy (non-hydrogen) atoms. The zero-order chi connectivity index (χ0) is 18.5. The highest BCUT2D eigenvalue weighted by Gasteiger charge is 2.24. The molecule has 1 amide bonds. The van der Waals surface area contributed by atoms with E-state index in [9.17, 15) is 9.59 Å². The molecule has 0 radical (unpaired) electrons. The van der Waals surface area contributed by atoms with Crippen LogP contribution in [0, 0.1) is 0 Å². The zero-order valence-electron chi connectivity index (χ0n) is 15.1. The maximum absolute atomic E-state index is 12.5. The molecule has 0 aliphatic carbocycles. The molecule has 6 nitrogen and oxygen atoms in total. The lowest BCUT2D eigenvalue weighted by Crippen LogP contribution is -2.39. The van der Waals surface area contributed by atoms with Crippen molar-refractivity contribution in [3.63, 3.8) is 0 Å². The molecule has 0 spiro atoms. The Balaban J connectivity index is 1.47. The highest BCUT2D eigenvalue weighted by molar-refractivity contribution is 5.86. The number of rotatable bonds is 6. The first-order valence-electron chi connectivity index (χ1n) is 9.20. The molecule has 1 aromatic heterocycles. The minimum atomic E-state index is -0.962. The number of carboxylic acid groups (broad SMARTS) is 1. The van der Waals surface area contributed by atoms with Crippen LogP contribution < -0.4 is 0 Å². The third kappa shape index (κ3) is 4.31. The number of aromatic nitrogens is 2. The number of hydrogen-bond acceptors (Lipinski definition) is 3. The number of benzene rings is 1. The number of likely N-dealkylation sites (tertiary alicyclic amines) is 1. The van der Waals surface area contributed by atoms with Crippen molar-refractivity contribution in [2.45, 2.75) is 45.1 Å². The molecule has 1 aliphatic rings. The fraction of sp³-hybridized carbons (Fsp3) is 0.450. The van der Waals surface area contributed by atoms with Crippen LogP contribution in [0.15, 0.2) is 36.7 Å². The van der Waals surface area contributed by atoms with Gasteiger partial charge in [0.1, 0.15) is 0 Å². The fourth-order valence-corrected chi connectivity index (χ4v) is 3.38. The van der Waals surface area contributed by atoms with Gasteiger partial charge in [0.15, 0.2) is 0 Å². The van der Waals surface area contributed by atoms with Crippen LogP contribution in [0.5, 0.6) is 0 Å². The molecule has 1 aliphatic heterocycles. The lowest BCUT2D eigenvalue weighted by Gasteiger charge is -2.32. The monoisotopic (exact) mass is 355 g/mol. The predicted molar refractivity (Wildman–Crippen MR) is 98.2 cm³/mol. The van der Waals surface area contributed by atoms with Crippen LogP contribution >= 0.6 is 0 Å². The van der Waals surface area contributed by atoms with Crippen LogP contribution in [-0.2, 0) is 17.6 Å². The lowest BCUT2D eigenvalue weighted by molar-refractivity contribution is -0.132. The normalized spacial score (nSPS) is 15.2. The number of hydrogen-bond donors (Lipinski definition) is 1. The summed E-state index contributed by atoms with van der Waals surface area (Å²) in [6.45, 7) is 3.52. The number of carbonyl (C=O) groups excluding carboxylic acids is 1. The highest BCUT2D eigenvalue weighted by atomic mass is 16.4. The van der Waals surface area contributed by atoms with Crippen LogP contribution in [0.2, 0.25) is 0 Å². The molecule has 3 rings (SSSR count). The summed E-state index contributed by atoms with van der Waals surface area (Å²) >= 11 is 0. The first-order chi connectivity index (χ1) is 12.6. The average molecular weight is 355 g/mol. The van der Waals surface area contributed by atoms with Crippen molar-refractivity contribution in [1.29, 1.82) is 0 Å². The van der Waals surface area contributed by atoms with Crippen LogP contribution in [0.25, 0.3) is 0 Å².